The summed E-state index contributed by atoms with van der Waals surface area (Å²) >= 11 is 3.54. The Morgan fingerprint density at radius 3 is 2.62 bits per heavy atom. The maximum absolute atomic E-state index is 12.8. The summed E-state index contributed by atoms with van der Waals surface area (Å²) in [5, 5.41) is 3.23. The van der Waals surface area contributed by atoms with Crippen LogP contribution in [-0.4, -0.2) is 31.8 Å². The molecule has 0 aliphatic heterocycles. The van der Waals surface area contributed by atoms with Gasteiger partial charge in [0, 0.05) is 25.1 Å². The summed E-state index contributed by atoms with van der Waals surface area (Å²) in [4.78, 5) is 29.5. The highest BCUT2D eigenvalue weighted by atomic mass is 79.9. The van der Waals surface area contributed by atoms with Crippen molar-refractivity contribution < 1.29 is 0 Å². The number of hydrogen-bond acceptors (Lipinski definition) is 5. The lowest BCUT2D eigenvalue weighted by Gasteiger charge is -2.12. The lowest BCUT2D eigenvalue weighted by atomic mass is 10.2. The summed E-state index contributed by atoms with van der Waals surface area (Å²) in [7, 11) is 3.09. The molecular weight excluding hydrogens is 400 g/mol. The summed E-state index contributed by atoms with van der Waals surface area (Å²) < 4.78 is 5.25. The first-order chi connectivity index (χ1) is 12.5. The van der Waals surface area contributed by atoms with Gasteiger partial charge in [-0.3, -0.25) is 18.5 Å². The Labute approximate surface area is 158 Å². The molecule has 0 spiro atoms. The van der Waals surface area contributed by atoms with E-state index in [0.717, 1.165) is 21.0 Å². The predicted molar refractivity (Wildman–Crippen MR) is 106 cm³/mol. The summed E-state index contributed by atoms with van der Waals surface area (Å²) in [5.74, 6) is 0.544. The molecule has 26 heavy (non-hydrogen) atoms. The number of nitrogens with zero attached hydrogens (tertiary/aromatic N) is 4. The predicted octanol–water partition coefficient (Wildman–Crippen LogP) is 1.01. The Hall–Kier alpha value is -2.39. The van der Waals surface area contributed by atoms with Crippen LogP contribution in [-0.2, 0) is 20.6 Å². The third-order valence-corrected chi connectivity index (χ3v) is 5.07. The summed E-state index contributed by atoms with van der Waals surface area (Å²) in [6, 6.07) is 7.80. The first-order valence-electron chi connectivity index (χ1n) is 8.29. The maximum atomic E-state index is 12.8. The average Bonchev–Trinajstić information content (AvgIpc) is 2.99. The van der Waals surface area contributed by atoms with Crippen LogP contribution < -0.4 is 22.3 Å². The number of fused-ring (bicyclic) bond motifs is 1. The molecule has 0 radical (unpaired) electrons. The molecule has 2 aromatic heterocycles. The minimum Gasteiger partial charge on any atom is -0.356 e. The maximum Gasteiger partial charge on any atom is 0.332 e. The molecule has 138 valence electrons. The molecule has 0 unspecified atom stereocenters. The van der Waals surface area contributed by atoms with E-state index >= 15 is 0 Å². The van der Waals surface area contributed by atoms with Crippen LogP contribution in [0.5, 0.6) is 0 Å². The zero-order valence-corrected chi connectivity index (χ0v) is 16.3. The van der Waals surface area contributed by atoms with Crippen molar-refractivity contribution in [1.29, 1.82) is 0 Å². The van der Waals surface area contributed by atoms with E-state index < -0.39 is 5.69 Å². The fraction of sp³-hybridized carbons (Fsp3) is 0.353. The van der Waals surface area contributed by atoms with Crippen LogP contribution in [0.25, 0.3) is 11.2 Å². The Morgan fingerprint density at radius 1 is 1.19 bits per heavy atom. The number of halogens is 1. The highest BCUT2D eigenvalue weighted by Crippen LogP contribution is 2.22. The molecule has 0 fully saturated rings. The third-order valence-electron chi connectivity index (χ3n) is 4.30. The van der Waals surface area contributed by atoms with Crippen LogP contribution in [0.2, 0.25) is 0 Å². The molecule has 0 bridgehead atoms. The number of nitrogens with two attached hydrogens (primary N) is 1. The Balaban J connectivity index is 2.23. The van der Waals surface area contributed by atoms with Crippen LogP contribution in [0.1, 0.15) is 12.0 Å². The van der Waals surface area contributed by atoms with Crippen LogP contribution in [0, 0.1) is 0 Å². The van der Waals surface area contributed by atoms with E-state index in [0.29, 0.717) is 36.7 Å². The summed E-state index contributed by atoms with van der Waals surface area (Å²) in [6.07, 6.45) is 0.773. The molecule has 0 saturated carbocycles. The quantitative estimate of drug-likeness (QED) is 0.579. The summed E-state index contributed by atoms with van der Waals surface area (Å²) in [6.45, 7) is 1.62. The van der Waals surface area contributed by atoms with Gasteiger partial charge in [0.15, 0.2) is 11.2 Å². The molecule has 2 heterocycles. The van der Waals surface area contributed by atoms with Gasteiger partial charge in [-0.25, -0.2) is 4.79 Å². The normalized spacial score (nSPS) is 11.2. The summed E-state index contributed by atoms with van der Waals surface area (Å²) in [5.41, 5.74) is 6.55. The van der Waals surface area contributed by atoms with Gasteiger partial charge in [0.1, 0.15) is 0 Å². The second-order valence-electron chi connectivity index (χ2n) is 6.06. The fourth-order valence-electron chi connectivity index (χ4n) is 2.83. The van der Waals surface area contributed by atoms with Crippen molar-refractivity contribution >= 4 is 33.0 Å². The average molecular weight is 421 g/mol. The number of imidazole rings is 1. The van der Waals surface area contributed by atoms with E-state index in [4.69, 9.17) is 5.73 Å². The van der Waals surface area contributed by atoms with E-state index in [1.165, 1.54) is 11.6 Å². The molecule has 0 atom stereocenters. The lowest BCUT2D eigenvalue weighted by Crippen LogP contribution is -2.37. The minimum absolute atomic E-state index is 0.361. The number of aromatic nitrogens is 4. The Morgan fingerprint density at radius 2 is 1.92 bits per heavy atom. The second kappa shape index (κ2) is 7.46. The van der Waals surface area contributed by atoms with Gasteiger partial charge in [0.25, 0.3) is 5.56 Å². The molecular formula is C17H21BrN6O2. The van der Waals surface area contributed by atoms with Gasteiger partial charge in [0.2, 0.25) is 5.95 Å². The monoisotopic (exact) mass is 420 g/mol. The lowest BCUT2D eigenvalue weighted by molar-refractivity contribution is 0.702. The van der Waals surface area contributed by atoms with E-state index in [1.807, 2.05) is 28.8 Å². The highest BCUT2D eigenvalue weighted by molar-refractivity contribution is 9.10. The van der Waals surface area contributed by atoms with Gasteiger partial charge >= 0.3 is 5.69 Å². The molecule has 3 N–H and O–H groups in total. The van der Waals surface area contributed by atoms with E-state index in [9.17, 15) is 9.59 Å². The topological polar surface area (TPSA) is 99.9 Å². The minimum atomic E-state index is -0.401. The zero-order valence-electron chi connectivity index (χ0n) is 14.7. The van der Waals surface area contributed by atoms with Crippen molar-refractivity contribution in [2.45, 2.75) is 13.0 Å². The standard InChI is InChI=1S/C17H21BrN6O2/c1-22-14-13(15(25)23(2)17(22)26)24(16(21-14)20-9-5-8-19)10-11-6-3-4-7-12(11)18/h3-4,6-7H,5,8-10,19H2,1-2H3,(H,20,21). The molecule has 3 aromatic rings. The Bertz CT molecular complexity index is 1070. The van der Waals surface area contributed by atoms with Crippen LogP contribution >= 0.6 is 15.9 Å². The van der Waals surface area contributed by atoms with Crippen molar-refractivity contribution in [3.05, 3.63) is 55.1 Å². The van der Waals surface area contributed by atoms with Gasteiger partial charge in [-0.1, -0.05) is 34.1 Å². The van der Waals surface area contributed by atoms with Crippen molar-refractivity contribution in [2.24, 2.45) is 19.8 Å². The molecule has 0 aliphatic rings. The van der Waals surface area contributed by atoms with Crippen LogP contribution in [0.4, 0.5) is 5.95 Å². The number of benzene rings is 1. The fourth-order valence-corrected chi connectivity index (χ4v) is 3.24. The number of anilines is 1. The number of rotatable bonds is 6. The van der Waals surface area contributed by atoms with E-state index in [2.05, 4.69) is 26.2 Å². The van der Waals surface area contributed by atoms with E-state index in [1.54, 1.807) is 7.05 Å². The van der Waals surface area contributed by atoms with E-state index in [-0.39, 0.29) is 5.56 Å². The second-order valence-corrected chi connectivity index (χ2v) is 6.91. The van der Waals surface area contributed by atoms with Gasteiger partial charge < -0.3 is 11.1 Å². The number of nitrogens with one attached hydrogen (secondary N) is 1. The molecule has 0 aliphatic carbocycles. The zero-order chi connectivity index (χ0) is 18.8. The largest absolute Gasteiger partial charge is 0.356 e. The molecule has 0 saturated heterocycles. The number of hydrogen-bond donors (Lipinski definition) is 2. The van der Waals surface area contributed by atoms with Gasteiger partial charge in [-0.15, -0.1) is 0 Å². The molecule has 1 aromatic carbocycles. The first kappa shape index (κ1) is 18.4. The van der Waals surface area contributed by atoms with Crippen LogP contribution in [0.15, 0.2) is 38.3 Å². The molecule has 9 heteroatoms. The van der Waals surface area contributed by atoms with Crippen LogP contribution in [0.3, 0.4) is 0 Å². The van der Waals surface area contributed by atoms with Gasteiger partial charge in [-0.05, 0) is 24.6 Å². The molecule has 0 amide bonds. The highest BCUT2D eigenvalue weighted by Gasteiger charge is 2.19. The molecule has 8 nitrogen and oxygen atoms in total. The first-order valence-corrected chi connectivity index (χ1v) is 9.08. The van der Waals surface area contributed by atoms with Crippen molar-refractivity contribution in [3.8, 4) is 0 Å². The van der Waals surface area contributed by atoms with Gasteiger partial charge in [-0.2, -0.15) is 4.98 Å². The Kier molecular flexibility index (Phi) is 5.28. The SMILES string of the molecule is Cn1c(=O)c2c(nc(NCCCN)n2Cc2ccccc2Br)n(C)c1=O. The molecule has 3 rings (SSSR count). The van der Waals surface area contributed by atoms with Gasteiger partial charge in [0.05, 0.1) is 6.54 Å². The smallest absolute Gasteiger partial charge is 0.332 e. The number of aryl methyl sites for hydroxylation is 1. The van der Waals surface area contributed by atoms with Crippen molar-refractivity contribution in [2.75, 3.05) is 18.4 Å². The van der Waals surface area contributed by atoms with Crippen molar-refractivity contribution in [1.82, 2.24) is 18.7 Å². The third kappa shape index (κ3) is 3.19. The van der Waals surface area contributed by atoms with Crippen molar-refractivity contribution in [3.63, 3.8) is 0 Å².